The van der Waals surface area contributed by atoms with Crippen LogP contribution in [0.1, 0.15) is 31.4 Å². The Bertz CT molecular complexity index is 794. The van der Waals surface area contributed by atoms with E-state index in [0.29, 0.717) is 11.8 Å². The summed E-state index contributed by atoms with van der Waals surface area (Å²) in [6.45, 7) is 2.04. The Hall–Kier alpha value is -2.50. The van der Waals surface area contributed by atoms with Gasteiger partial charge in [0.15, 0.2) is 0 Å². The van der Waals surface area contributed by atoms with Crippen LogP contribution in [-0.4, -0.2) is 21.6 Å². The maximum Gasteiger partial charge on any atom is 0.275 e. The van der Waals surface area contributed by atoms with Gasteiger partial charge in [-0.3, -0.25) is 19.7 Å². The van der Waals surface area contributed by atoms with E-state index in [1.165, 1.54) is 4.68 Å². The first-order valence-electron chi connectivity index (χ1n) is 6.94. The monoisotopic (exact) mass is 285 g/mol. The molecule has 1 fully saturated rings. The maximum absolute atomic E-state index is 12.5. The summed E-state index contributed by atoms with van der Waals surface area (Å²) in [5.41, 5.74) is 0.826. The molecule has 0 radical (unpaired) electrons. The van der Waals surface area contributed by atoms with Crippen molar-refractivity contribution in [3.05, 3.63) is 40.3 Å². The van der Waals surface area contributed by atoms with Crippen LogP contribution in [0.25, 0.3) is 10.8 Å². The van der Waals surface area contributed by atoms with Crippen LogP contribution in [0.4, 0.5) is 0 Å². The minimum absolute atomic E-state index is 0.220. The van der Waals surface area contributed by atoms with Gasteiger partial charge in [0.2, 0.25) is 5.91 Å². The van der Waals surface area contributed by atoms with Crippen molar-refractivity contribution >= 4 is 22.6 Å². The first-order valence-corrected chi connectivity index (χ1v) is 6.94. The van der Waals surface area contributed by atoms with E-state index in [9.17, 15) is 14.4 Å². The Morgan fingerprint density at radius 3 is 2.86 bits per heavy atom. The smallest absolute Gasteiger partial charge is 0.275 e. The van der Waals surface area contributed by atoms with Gasteiger partial charge < -0.3 is 0 Å². The molecule has 0 bridgehead atoms. The highest BCUT2D eigenvalue weighted by molar-refractivity contribution is 5.99. The van der Waals surface area contributed by atoms with Crippen molar-refractivity contribution in [2.75, 3.05) is 0 Å². The highest BCUT2D eigenvalue weighted by atomic mass is 16.2. The van der Waals surface area contributed by atoms with Crippen molar-refractivity contribution in [1.29, 1.82) is 0 Å². The lowest BCUT2D eigenvalue weighted by molar-refractivity contribution is -0.136. The molecule has 2 heterocycles. The van der Waals surface area contributed by atoms with Gasteiger partial charge in [0, 0.05) is 11.8 Å². The zero-order valence-corrected chi connectivity index (χ0v) is 11.6. The standard InChI is InChI=1S/C15H15N3O3/c1-2-9-3-4-11-10(7-9)8-16-18(15(11)21)12-5-6-13(19)17-14(12)20/h3-4,7-8,12H,2,5-6H2,1H3,(H,17,19,20). The molecule has 6 heteroatoms. The van der Waals surface area contributed by atoms with E-state index < -0.39 is 11.9 Å². The van der Waals surface area contributed by atoms with Gasteiger partial charge in [0.1, 0.15) is 6.04 Å². The zero-order valence-electron chi connectivity index (χ0n) is 11.6. The first kappa shape index (κ1) is 13.5. The molecule has 1 aliphatic rings. The number of nitrogens with zero attached hydrogens (tertiary/aromatic N) is 2. The molecule has 1 aromatic heterocycles. The number of piperidine rings is 1. The molecular formula is C15H15N3O3. The average Bonchev–Trinajstić information content (AvgIpc) is 2.48. The molecule has 1 N–H and O–H groups in total. The summed E-state index contributed by atoms with van der Waals surface area (Å²) in [6.07, 6.45) is 3.00. The van der Waals surface area contributed by atoms with Gasteiger partial charge in [0.25, 0.3) is 11.5 Å². The SMILES string of the molecule is CCc1ccc2c(=O)n(C3CCC(=O)NC3=O)ncc2c1. The molecule has 1 unspecified atom stereocenters. The van der Waals surface area contributed by atoms with Crippen molar-refractivity contribution in [3.8, 4) is 0 Å². The minimum atomic E-state index is -0.717. The molecule has 2 aromatic rings. The topological polar surface area (TPSA) is 81.1 Å². The number of carbonyl (C=O) groups is 2. The molecule has 6 nitrogen and oxygen atoms in total. The molecule has 21 heavy (non-hydrogen) atoms. The van der Waals surface area contributed by atoms with Crippen molar-refractivity contribution in [1.82, 2.24) is 15.1 Å². The van der Waals surface area contributed by atoms with Crippen molar-refractivity contribution in [2.45, 2.75) is 32.2 Å². The lowest BCUT2D eigenvalue weighted by atomic mass is 10.1. The second-order valence-electron chi connectivity index (χ2n) is 5.14. The lowest BCUT2D eigenvalue weighted by Gasteiger charge is -2.21. The number of benzene rings is 1. The third-order valence-corrected chi connectivity index (χ3v) is 3.79. The number of rotatable bonds is 2. The molecular weight excluding hydrogens is 270 g/mol. The van der Waals surface area contributed by atoms with Crippen LogP contribution in [0, 0.1) is 0 Å². The van der Waals surface area contributed by atoms with Crippen molar-refractivity contribution < 1.29 is 9.59 Å². The van der Waals surface area contributed by atoms with Gasteiger partial charge in [-0.1, -0.05) is 13.0 Å². The Labute approximate surface area is 120 Å². The van der Waals surface area contributed by atoms with Crippen LogP contribution < -0.4 is 10.9 Å². The summed E-state index contributed by atoms with van der Waals surface area (Å²) in [6, 6.07) is 4.88. The average molecular weight is 285 g/mol. The lowest BCUT2D eigenvalue weighted by Crippen LogP contribution is -2.45. The first-order chi connectivity index (χ1) is 10.1. The molecule has 0 aliphatic carbocycles. The third kappa shape index (κ3) is 2.33. The molecule has 1 saturated heterocycles. The van der Waals surface area contributed by atoms with E-state index in [0.717, 1.165) is 17.4 Å². The van der Waals surface area contributed by atoms with Crippen LogP contribution in [-0.2, 0) is 16.0 Å². The van der Waals surface area contributed by atoms with Crippen LogP contribution in [0.3, 0.4) is 0 Å². The Morgan fingerprint density at radius 1 is 1.33 bits per heavy atom. The van der Waals surface area contributed by atoms with Gasteiger partial charge in [-0.05, 0) is 30.5 Å². The number of fused-ring (bicyclic) bond motifs is 1. The predicted molar refractivity (Wildman–Crippen MR) is 76.8 cm³/mol. The van der Waals surface area contributed by atoms with E-state index in [1.54, 1.807) is 12.3 Å². The minimum Gasteiger partial charge on any atom is -0.295 e. The van der Waals surface area contributed by atoms with Crippen LogP contribution >= 0.6 is 0 Å². The quantitative estimate of drug-likeness (QED) is 0.832. The van der Waals surface area contributed by atoms with Gasteiger partial charge in [-0.2, -0.15) is 5.10 Å². The number of carbonyl (C=O) groups excluding carboxylic acids is 2. The van der Waals surface area contributed by atoms with E-state index in [-0.39, 0.29) is 17.9 Å². The zero-order chi connectivity index (χ0) is 15.0. The molecule has 0 saturated carbocycles. The molecule has 0 spiro atoms. The normalized spacial score (nSPS) is 18.8. The molecule has 3 rings (SSSR count). The largest absolute Gasteiger partial charge is 0.295 e. The Kier molecular flexibility index (Phi) is 3.29. The van der Waals surface area contributed by atoms with E-state index in [2.05, 4.69) is 10.4 Å². The van der Waals surface area contributed by atoms with Crippen LogP contribution in [0.2, 0.25) is 0 Å². The van der Waals surface area contributed by atoms with Gasteiger partial charge in [-0.15, -0.1) is 0 Å². The molecule has 108 valence electrons. The fraction of sp³-hybridized carbons (Fsp3) is 0.333. The second-order valence-corrected chi connectivity index (χ2v) is 5.14. The summed E-state index contributed by atoms with van der Waals surface area (Å²) in [5, 5.41) is 7.66. The Morgan fingerprint density at radius 2 is 2.14 bits per heavy atom. The number of nitrogens with one attached hydrogen (secondary N) is 1. The fourth-order valence-corrected chi connectivity index (χ4v) is 2.57. The van der Waals surface area contributed by atoms with Crippen LogP contribution in [0.15, 0.2) is 29.2 Å². The maximum atomic E-state index is 12.5. The number of hydrogen-bond acceptors (Lipinski definition) is 4. The molecule has 1 aromatic carbocycles. The predicted octanol–water partition coefficient (Wildman–Crippen LogP) is 0.937. The van der Waals surface area contributed by atoms with Crippen LogP contribution in [0.5, 0.6) is 0 Å². The number of hydrogen-bond donors (Lipinski definition) is 1. The number of amides is 2. The molecule has 2 amide bonds. The third-order valence-electron chi connectivity index (χ3n) is 3.79. The second kappa shape index (κ2) is 5.12. The molecule has 1 aliphatic heterocycles. The van der Waals surface area contributed by atoms with E-state index >= 15 is 0 Å². The number of aryl methyl sites for hydroxylation is 1. The summed E-state index contributed by atoms with van der Waals surface area (Å²) >= 11 is 0. The Balaban J connectivity index is 2.08. The van der Waals surface area contributed by atoms with Crippen molar-refractivity contribution in [2.24, 2.45) is 0 Å². The number of imide groups is 1. The van der Waals surface area contributed by atoms with Gasteiger partial charge >= 0.3 is 0 Å². The van der Waals surface area contributed by atoms with E-state index in [1.807, 2.05) is 19.1 Å². The van der Waals surface area contributed by atoms with Crippen molar-refractivity contribution in [3.63, 3.8) is 0 Å². The highest BCUT2D eigenvalue weighted by Gasteiger charge is 2.29. The van der Waals surface area contributed by atoms with Gasteiger partial charge in [-0.25, -0.2) is 4.68 Å². The fourth-order valence-electron chi connectivity index (χ4n) is 2.57. The van der Waals surface area contributed by atoms with Gasteiger partial charge in [0.05, 0.1) is 11.6 Å². The highest BCUT2D eigenvalue weighted by Crippen LogP contribution is 2.18. The molecule has 1 atom stereocenters. The summed E-state index contributed by atoms with van der Waals surface area (Å²) < 4.78 is 1.18. The number of aromatic nitrogens is 2. The summed E-state index contributed by atoms with van der Waals surface area (Å²) in [4.78, 5) is 35.5. The summed E-state index contributed by atoms with van der Waals surface area (Å²) in [7, 11) is 0. The van der Waals surface area contributed by atoms with E-state index in [4.69, 9.17) is 0 Å². The summed E-state index contributed by atoms with van der Waals surface area (Å²) in [5.74, 6) is -0.775.